The Hall–Kier alpha value is -2.98. The Kier molecular flexibility index (Phi) is 6.40. The van der Waals surface area contributed by atoms with E-state index in [0.717, 1.165) is 37.2 Å². The van der Waals surface area contributed by atoms with Crippen molar-refractivity contribution in [3.05, 3.63) is 53.3 Å². The molecule has 0 saturated carbocycles. The van der Waals surface area contributed by atoms with Crippen LogP contribution in [0.3, 0.4) is 0 Å². The SMILES string of the molecule is Cc1cc(F)ccc1NC(=O)C(C)NS(=O)(=O)c1ccc2c(c1)CCN2C(=O)N1CCCC1. The molecule has 2 aromatic carbocycles. The zero-order chi connectivity index (χ0) is 23.8. The summed E-state index contributed by atoms with van der Waals surface area (Å²) in [5, 5.41) is 2.62. The zero-order valence-corrected chi connectivity index (χ0v) is 19.4. The number of likely N-dealkylation sites (tertiary alicyclic amines) is 1. The normalized spacial score (nSPS) is 16.6. The van der Waals surface area contributed by atoms with Gasteiger partial charge in [0.25, 0.3) is 0 Å². The molecule has 2 N–H and O–H groups in total. The number of benzene rings is 2. The van der Waals surface area contributed by atoms with Gasteiger partial charge < -0.3 is 10.2 Å². The van der Waals surface area contributed by atoms with Crippen LogP contribution in [-0.4, -0.2) is 50.9 Å². The second kappa shape index (κ2) is 9.11. The van der Waals surface area contributed by atoms with Crippen LogP contribution in [0.2, 0.25) is 0 Å². The summed E-state index contributed by atoms with van der Waals surface area (Å²) in [6.07, 6.45) is 2.57. The van der Waals surface area contributed by atoms with Crippen LogP contribution in [0.4, 0.5) is 20.6 Å². The third-order valence-corrected chi connectivity index (χ3v) is 7.57. The Morgan fingerprint density at radius 1 is 1.06 bits per heavy atom. The lowest BCUT2D eigenvalue weighted by Gasteiger charge is -2.24. The number of amides is 3. The summed E-state index contributed by atoms with van der Waals surface area (Å²) in [5.41, 5.74) is 2.45. The summed E-state index contributed by atoms with van der Waals surface area (Å²) in [6.45, 7) is 5.10. The summed E-state index contributed by atoms with van der Waals surface area (Å²) in [7, 11) is -3.97. The van der Waals surface area contributed by atoms with E-state index in [4.69, 9.17) is 0 Å². The van der Waals surface area contributed by atoms with Crippen molar-refractivity contribution in [2.45, 2.75) is 44.0 Å². The van der Waals surface area contributed by atoms with Crippen LogP contribution in [0, 0.1) is 12.7 Å². The van der Waals surface area contributed by atoms with Crippen LogP contribution < -0.4 is 14.9 Å². The number of carbonyl (C=O) groups is 2. The van der Waals surface area contributed by atoms with E-state index in [2.05, 4.69) is 10.0 Å². The molecule has 0 aliphatic carbocycles. The van der Waals surface area contributed by atoms with Gasteiger partial charge in [-0.05, 0) is 80.6 Å². The van der Waals surface area contributed by atoms with Gasteiger partial charge in [-0.25, -0.2) is 17.6 Å². The predicted molar refractivity (Wildman–Crippen MR) is 123 cm³/mol. The molecule has 3 amide bonds. The number of nitrogens with one attached hydrogen (secondary N) is 2. The number of hydrogen-bond donors (Lipinski definition) is 2. The van der Waals surface area contributed by atoms with Gasteiger partial charge in [-0.2, -0.15) is 4.72 Å². The van der Waals surface area contributed by atoms with E-state index in [0.29, 0.717) is 24.2 Å². The van der Waals surface area contributed by atoms with Crippen molar-refractivity contribution in [2.24, 2.45) is 0 Å². The molecule has 1 unspecified atom stereocenters. The minimum Gasteiger partial charge on any atom is -0.324 e. The average Bonchev–Trinajstić information content (AvgIpc) is 3.44. The molecule has 2 heterocycles. The third-order valence-electron chi connectivity index (χ3n) is 6.04. The smallest absolute Gasteiger partial charge is 0.324 e. The van der Waals surface area contributed by atoms with E-state index >= 15 is 0 Å². The van der Waals surface area contributed by atoms with Crippen molar-refractivity contribution in [3.63, 3.8) is 0 Å². The molecule has 1 saturated heterocycles. The number of halogens is 1. The maximum Gasteiger partial charge on any atom is 0.324 e. The van der Waals surface area contributed by atoms with Crippen molar-refractivity contribution < 1.29 is 22.4 Å². The number of hydrogen-bond acceptors (Lipinski definition) is 4. The lowest BCUT2D eigenvalue weighted by molar-refractivity contribution is -0.117. The second-order valence-electron chi connectivity index (χ2n) is 8.46. The topological polar surface area (TPSA) is 98.8 Å². The molecule has 0 radical (unpaired) electrons. The highest BCUT2D eigenvalue weighted by Crippen LogP contribution is 2.31. The minimum absolute atomic E-state index is 0.0364. The quantitative estimate of drug-likeness (QED) is 0.696. The minimum atomic E-state index is -3.97. The Morgan fingerprint density at radius 3 is 2.48 bits per heavy atom. The second-order valence-corrected chi connectivity index (χ2v) is 10.2. The molecule has 1 atom stereocenters. The van der Waals surface area contributed by atoms with E-state index in [9.17, 15) is 22.4 Å². The lowest BCUT2D eigenvalue weighted by atomic mass is 10.2. The van der Waals surface area contributed by atoms with E-state index in [1.165, 1.54) is 31.2 Å². The molecule has 0 aromatic heterocycles. The number of fused-ring (bicyclic) bond motifs is 1. The number of anilines is 2. The van der Waals surface area contributed by atoms with Crippen molar-refractivity contribution in [3.8, 4) is 0 Å². The third kappa shape index (κ3) is 4.86. The van der Waals surface area contributed by atoms with Crippen LogP contribution >= 0.6 is 0 Å². The van der Waals surface area contributed by atoms with Crippen molar-refractivity contribution in [2.75, 3.05) is 29.9 Å². The average molecular weight is 475 g/mol. The highest BCUT2D eigenvalue weighted by Gasteiger charge is 2.31. The van der Waals surface area contributed by atoms with Crippen molar-refractivity contribution in [1.29, 1.82) is 0 Å². The van der Waals surface area contributed by atoms with E-state index in [1.807, 2.05) is 4.90 Å². The predicted octanol–water partition coefficient (Wildman–Crippen LogP) is 3.02. The monoisotopic (exact) mass is 474 g/mol. The number of sulfonamides is 1. The molecule has 33 heavy (non-hydrogen) atoms. The molecule has 1 fully saturated rings. The first-order chi connectivity index (χ1) is 15.7. The Labute approximate surface area is 192 Å². The highest BCUT2D eigenvalue weighted by atomic mass is 32.2. The van der Waals surface area contributed by atoms with Gasteiger partial charge in [-0.15, -0.1) is 0 Å². The van der Waals surface area contributed by atoms with E-state index < -0.39 is 27.8 Å². The first kappa shape index (κ1) is 23.2. The Morgan fingerprint density at radius 2 is 1.79 bits per heavy atom. The van der Waals surface area contributed by atoms with Crippen LogP contribution in [0.15, 0.2) is 41.3 Å². The fraction of sp³-hybridized carbons (Fsp3) is 0.391. The number of nitrogens with zero attached hydrogens (tertiary/aromatic N) is 2. The van der Waals surface area contributed by atoms with Gasteiger partial charge >= 0.3 is 6.03 Å². The van der Waals surface area contributed by atoms with Gasteiger partial charge in [-0.1, -0.05) is 0 Å². The van der Waals surface area contributed by atoms with E-state index in [-0.39, 0.29) is 10.9 Å². The van der Waals surface area contributed by atoms with Gasteiger partial charge in [0.1, 0.15) is 5.82 Å². The maximum absolute atomic E-state index is 13.3. The Balaban J connectivity index is 1.45. The highest BCUT2D eigenvalue weighted by molar-refractivity contribution is 7.89. The number of rotatable bonds is 5. The van der Waals surface area contributed by atoms with Gasteiger partial charge in [-0.3, -0.25) is 9.69 Å². The van der Waals surface area contributed by atoms with Crippen LogP contribution in [-0.2, 0) is 21.2 Å². The number of urea groups is 1. The molecule has 0 bridgehead atoms. The first-order valence-corrected chi connectivity index (χ1v) is 12.4. The van der Waals surface area contributed by atoms with Gasteiger partial charge in [0.15, 0.2) is 0 Å². The molecule has 2 aliphatic rings. The zero-order valence-electron chi connectivity index (χ0n) is 18.6. The van der Waals surface area contributed by atoms with Crippen LogP contribution in [0.1, 0.15) is 30.9 Å². The lowest BCUT2D eigenvalue weighted by Crippen LogP contribution is -2.41. The molecule has 4 rings (SSSR count). The maximum atomic E-state index is 13.3. The van der Waals surface area contributed by atoms with Crippen molar-refractivity contribution >= 4 is 33.3 Å². The summed E-state index contributed by atoms with van der Waals surface area (Å²) in [6, 6.07) is 7.50. The van der Waals surface area contributed by atoms with Gasteiger partial charge in [0.05, 0.1) is 10.9 Å². The molecule has 0 spiro atoms. The van der Waals surface area contributed by atoms with Crippen LogP contribution in [0.5, 0.6) is 0 Å². The fourth-order valence-corrected chi connectivity index (χ4v) is 5.44. The van der Waals surface area contributed by atoms with Gasteiger partial charge in [0, 0.05) is 31.0 Å². The largest absolute Gasteiger partial charge is 0.324 e. The molecule has 10 heteroatoms. The molecular formula is C23H27FN4O4S. The summed E-state index contributed by atoms with van der Waals surface area (Å²) < 4.78 is 41.5. The fourth-order valence-electron chi connectivity index (χ4n) is 4.19. The van der Waals surface area contributed by atoms with E-state index in [1.54, 1.807) is 24.0 Å². The Bertz CT molecular complexity index is 1190. The molecular weight excluding hydrogens is 447 g/mol. The number of aryl methyl sites for hydroxylation is 1. The van der Waals surface area contributed by atoms with Gasteiger partial charge in [0.2, 0.25) is 15.9 Å². The van der Waals surface area contributed by atoms with Crippen molar-refractivity contribution in [1.82, 2.24) is 9.62 Å². The molecule has 2 aliphatic heterocycles. The molecule has 8 nitrogen and oxygen atoms in total. The standard InChI is InChI=1S/C23H27FN4O4S/c1-15-13-18(24)5-7-20(15)25-22(29)16(2)26-33(31,32)19-6-8-21-17(14-19)9-12-28(21)23(30)27-10-3-4-11-27/h5-8,13-14,16,26H,3-4,9-12H2,1-2H3,(H,25,29). The summed E-state index contributed by atoms with van der Waals surface area (Å²) >= 11 is 0. The summed E-state index contributed by atoms with van der Waals surface area (Å²) in [5.74, 6) is -0.978. The van der Waals surface area contributed by atoms with Crippen LogP contribution in [0.25, 0.3) is 0 Å². The molecule has 176 valence electrons. The number of carbonyl (C=O) groups excluding carboxylic acids is 2. The molecule has 2 aromatic rings. The first-order valence-electron chi connectivity index (χ1n) is 10.9. The summed E-state index contributed by atoms with van der Waals surface area (Å²) in [4.78, 5) is 28.8.